The fraction of sp³-hybridized carbons (Fsp3) is 0.318. The van der Waals surface area contributed by atoms with E-state index < -0.39 is 24.6 Å². The molecule has 0 aliphatic carbocycles. The van der Waals surface area contributed by atoms with Crippen molar-refractivity contribution >= 4 is 29.2 Å². The molecule has 1 N–H and O–H groups in total. The van der Waals surface area contributed by atoms with Gasteiger partial charge in [0.2, 0.25) is 5.91 Å². The molecule has 1 aliphatic rings. The first-order chi connectivity index (χ1) is 14.1. The smallest absolute Gasteiger partial charge is 0.347 e. The van der Waals surface area contributed by atoms with Crippen LogP contribution in [0.1, 0.15) is 26.2 Å². The summed E-state index contributed by atoms with van der Waals surface area (Å²) in [6, 6.07) is 16.0. The van der Waals surface area contributed by atoms with Crippen LogP contribution in [0.3, 0.4) is 0 Å². The molecule has 2 aromatic rings. The Morgan fingerprint density at radius 3 is 2.45 bits per heavy atom. The van der Waals surface area contributed by atoms with Crippen LogP contribution in [-0.4, -0.2) is 37.0 Å². The number of rotatable bonds is 8. The lowest BCUT2D eigenvalue weighted by Gasteiger charge is -2.17. The molecule has 0 unspecified atom stereocenters. The number of amides is 2. The van der Waals surface area contributed by atoms with Crippen LogP contribution in [0.2, 0.25) is 0 Å². The van der Waals surface area contributed by atoms with E-state index in [0.717, 1.165) is 12.1 Å². The molecule has 7 heteroatoms. The Morgan fingerprint density at radius 1 is 1.10 bits per heavy atom. The van der Waals surface area contributed by atoms with Gasteiger partial charge in [0.1, 0.15) is 5.75 Å². The highest BCUT2D eigenvalue weighted by atomic mass is 16.6. The average Bonchev–Trinajstić information content (AvgIpc) is 3.17. The molecule has 1 heterocycles. The molecule has 0 aromatic heterocycles. The van der Waals surface area contributed by atoms with Crippen molar-refractivity contribution in [3.63, 3.8) is 0 Å². The van der Waals surface area contributed by atoms with Gasteiger partial charge in [-0.25, -0.2) is 4.79 Å². The Bertz CT molecular complexity index is 851. The van der Waals surface area contributed by atoms with Crippen LogP contribution < -0.4 is 15.0 Å². The van der Waals surface area contributed by atoms with Gasteiger partial charge in [0.15, 0.2) is 12.7 Å². The largest absolute Gasteiger partial charge is 0.479 e. The molecular formula is C22H24N2O5. The Morgan fingerprint density at radius 2 is 1.83 bits per heavy atom. The molecule has 29 heavy (non-hydrogen) atoms. The van der Waals surface area contributed by atoms with Crippen LogP contribution in [0.5, 0.6) is 5.75 Å². The van der Waals surface area contributed by atoms with Gasteiger partial charge in [0.25, 0.3) is 5.91 Å². The molecule has 1 aliphatic heterocycles. The SMILES string of the molecule is CC[C@@H](Oc1ccccc1)C(=O)OCC(=O)Nc1ccc(N2CCCC2=O)cc1. The van der Waals surface area contributed by atoms with E-state index in [1.165, 1.54) is 0 Å². The molecule has 0 saturated carbocycles. The minimum atomic E-state index is -0.775. The van der Waals surface area contributed by atoms with Crippen LogP contribution >= 0.6 is 0 Å². The quantitative estimate of drug-likeness (QED) is 0.693. The van der Waals surface area contributed by atoms with Gasteiger partial charge in [-0.05, 0) is 49.2 Å². The summed E-state index contributed by atoms with van der Waals surface area (Å²) in [6.45, 7) is 2.12. The summed E-state index contributed by atoms with van der Waals surface area (Å²) >= 11 is 0. The lowest BCUT2D eigenvalue weighted by Crippen LogP contribution is -2.31. The van der Waals surface area contributed by atoms with Gasteiger partial charge in [-0.2, -0.15) is 0 Å². The van der Waals surface area contributed by atoms with E-state index in [1.54, 1.807) is 41.3 Å². The molecule has 3 rings (SSSR count). The van der Waals surface area contributed by atoms with Crippen LogP contribution in [0.25, 0.3) is 0 Å². The topological polar surface area (TPSA) is 84.9 Å². The second kappa shape index (κ2) is 9.73. The number of carbonyl (C=O) groups is 3. The number of para-hydroxylation sites is 1. The van der Waals surface area contributed by atoms with E-state index in [2.05, 4.69) is 5.32 Å². The van der Waals surface area contributed by atoms with E-state index in [0.29, 0.717) is 30.8 Å². The Hall–Kier alpha value is -3.35. The first-order valence-corrected chi connectivity index (χ1v) is 9.65. The third-order valence-electron chi connectivity index (χ3n) is 4.54. The number of nitrogens with one attached hydrogen (secondary N) is 1. The van der Waals surface area contributed by atoms with Crippen LogP contribution in [0.15, 0.2) is 54.6 Å². The normalized spacial score (nSPS) is 14.4. The summed E-state index contributed by atoms with van der Waals surface area (Å²) in [5.41, 5.74) is 1.37. The molecule has 2 aromatic carbocycles. The second-order valence-electron chi connectivity index (χ2n) is 6.68. The molecule has 0 spiro atoms. The summed E-state index contributed by atoms with van der Waals surface area (Å²) in [5, 5.41) is 2.67. The molecule has 1 atom stereocenters. The lowest BCUT2D eigenvalue weighted by molar-refractivity contribution is -0.154. The third kappa shape index (κ3) is 5.57. The summed E-state index contributed by atoms with van der Waals surface area (Å²) in [7, 11) is 0. The predicted octanol–water partition coefficient (Wildman–Crippen LogP) is 3.15. The van der Waals surface area contributed by atoms with Crippen LogP contribution in [0, 0.1) is 0 Å². The van der Waals surface area contributed by atoms with E-state index in [4.69, 9.17) is 9.47 Å². The summed E-state index contributed by atoms with van der Waals surface area (Å²) in [6.07, 6.45) is 1.07. The Balaban J connectivity index is 1.47. The van der Waals surface area contributed by atoms with E-state index >= 15 is 0 Å². The van der Waals surface area contributed by atoms with Crippen molar-refractivity contribution in [2.24, 2.45) is 0 Å². The number of hydrogen-bond donors (Lipinski definition) is 1. The Labute approximate surface area is 169 Å². The standard InChI is InChI=1S/C22H24N2O5/c1-2-19(29-18-7-4-3-5-8-18)22(27)28-15-20(25)23-16-10-12-17(13-11-16)24-14-6-9-21(24)26/h3-5,7-8,10-13,19H,2,6,9,14-15H2,1H3,(H,23,25)/t19-/m1/s1. The van der Waals surface area contributed by atoms with Crippen molar-refractivity contribution in [2.75, 3.05) is 23.4 Å². The van der Waals surface area contributed by atoms with Crippen molar-refractivity contribution in [2.45, 2.75) is 32.3 Å². The second-order valence-corrected chi connectivity index (χ2v) is 6.68. The number of benzene rings is 2. The molecule has 0 bridgehead atoms. The molecule has 7 nitrogen and oxygen atoms in total. The van der Waals surface area contributed by atoms with Crippen molar-refractivity contribution in [3.8, 4) is 5.75 Å². The van der Waals surface area contributed by atoms with E-state index in [1.807, 2.05) is 25.1 Å². The number of carbonyl (C=O) groups excluding carboxylic acids is 3. The summed E-state index contributed by atoms with van der Waals surface area (Å²) < 4.78 is 10.7. The predicted molar refractivity (Wildman–Crippen MR) is 109 cm³/mol. The van der Waals surface area contributed by atoms with E-state index in [9.17, 15) is 14.4 Å². The minimum absolute atomic E-state index is 0.108. The summed E-state index contributed by atoms with van der Waals surface area (Å²) in [5.74, 6) is -0.360. The number of anilines is 2. The Kier molecular flexibility index (Phi) is 6.84. The zero-order valence-electron chi connectivity index (χ0n) is 16.3. The van der Waals surface area contributed by atoms with Crippen molar-refractivity contribution in [1.82, 2.24) is 0 Å². The molecule has 1 saturated heterocycles. The maximum absolute atomic E-state index is 12.2. The molecule has 0 radical (unpaired) electrons. The van der Waals surface area contributed by atoms with Gasteiger partial charge in [-0.1, -0.05) is 25.1 Å². The van der Waals surface area contributed by atoms with Gasteiger partial charge in [-0.3, -0.25) is 9.59 Å². The van der Waals surface area contributed by atoms with Crippen LogP contribution in [-0.2, 0) is 19.1 Å². The fourth-order valence-corrected chi connectivity index (χ4v) is 3.03. The average molecular weight is 396 g/mol. The monoisotopic (exact) mass is 396 g/mol. The fourth-order valence-electron chi connectivity index (χ4n) is 3.03. The van der Waals surface area contributed by atoms with Gasteiger partial charge in [-0.15, -0.1) is 0 Å². The third-order valence-corrected chi connectivity index (χ3v) is 4.54. The van der Waals surface area contributed by atoms with E-state index in [-0.39, 0.29) is 5.91 Å². The molecule has 2 amide bonds. The highest BCUT2D eigenvalue weighted by Gasteiger charge is 2.22. The number of hydrogen-bond acceptors (Lipinski definition) is 5. The maximum atomic E-state index is 12.2. The highest BCUT2D eigenvalue weighted by molar-refractivity contribution is 5.96. The lowest BCUT2D eigenvalue weighted by atomic mass is 10.2. The van der Waals surface area contributed by atoms with Crippen molar-refractivity contribution < 1.29 is 23.9 Å². The summed E-state index contributed by atoms with van der Waals surface area (Å²) in [4.78, 5) is 37.8. The molecular weight excluding hydrogens is 372 g/mol. The van der Waals surface area contributed by atoms with Gasteiger partial charge in [0, 0.05) is 24.3 Å². The zero-order valence-corrected chi connectivity index (χ0v) is 16.3. The highest BCUT2D eigenvalue weighted by Crippen LogP contribution is 2.23. The van der Waals surface area contributed by atoms with Crippen molar-refractivity contribution in [1.29, 1.82) is 0 Å². The first-order valence-electron chi connectivity index (χ1n) is 9.65. The molecule has 1 fully saturated rings. The van der Waals surface area contributed by atoms with Gasteiger partial charge >= 0.3 is 5.97 Å². The van der Waals surface area contributed by atoms with Gasteiger partial charge < -0.3 is 19.7 Å². The zero-order chi connectivity index (χ0) is 20.6. The maximum Gasteiger partial charge on any atom is 0.347 e. The number of esters is 1. The molecule has 152 valence electrons. The number of ether oxygens (including phenoxy) is 2. The minimum Gasteiger partial charge on any atom is -0.479 e. The van der Waals surface area contributed by atoms with Crippen molar-refractivity contribution in [3.05, 3.63) is 54.6 Å². The number of nitrogens with zero attached hydrogens (tertiary/aromatic N) is 1. The van der Waals surface area contributed by atoms with Crippen LogP contribution in [0.4, 0.5) is 11.4 Å². The van der Waals surface area contributed by atoms with Gasteiger partial charge in [0.05, 0.1) is 0 Å². The first kappa shape index (κ1) is 20.4.